The molecule has 1 atom stereocenters. The molecule has 0 amide bonds. The van der Waals surface area contributed by atoms with Gasteiger partial charge in [0.25, 0.3) is 0 Å². The van der Waals surface area contributed by atoms with Crippen LogP contribution in [0.15, 0.2) is 0 Å². The lowest BCUT2D eigenvalue weighted by Gasteiger charge is -2.18. The Morgan fingerprint density at radius 3 is 2.36 bits per heavy atom. The molecule has 1 heterocycles. The van der Waals surface area contributed by atoms with Gasteiger partial charge in [0, 0.05) is 0 Å². The number of nitrogens with zero attached hydrogens (tertiary/aromatic N) is 2. The van der Waals surface area contributed by atoms with Gasteiger partial charge in [0.05, 0.1) is 26.8 Å². The van der Waals surface area contributed by atoms with Gasteiger partial charge in [-0.25, -0.2) is 10.1 Å². The van der Waals surface area contributed by atoms with Crippen LogP contribution >= 0.6 is 12.2 Å². The van der Waals surface area contributed by atoms with Crippen LogP contribution in [0.5, 0.6) is 0 Å². The van der Waals surface area contributed by atoms with Crippen molar-refractivity contribution in [2.75, 3.05) is 20.8 Å². The molecule has 0 radical (unpaired) electrons. The normalized spacial score (nSPS) is 25.0. The summed E-state index contributed by atoms with van der Waals surface area (Å²) in [5.41, 5.74) is 0. The molecule has 1 rings (SSSR count). The second kappa shape index (κ2) is 3.34. The van der Waals surface area contributed by atoms with Gasteiger partial charge in [0.2, 0.25) is 5.11 Å². The third kappa shape index (κ3) is 1.45. The lowest BCUT2D eigenvalue weighted by Crippen LogP contribution is -2.32. The molecule has 1 aliphatic rings. The summed E-state index contributed by atoms with van der Waals surface area (Å²) in [6.07, 6.45) is 0. The van der Waals surface area contributed by atoms with E-state index in [1.165, 1.54) is 0 Å². The number of hydrogen-bond acceptors (Lipinski definition) is 3. The Hall–Kier alpha value is -0.390. The molecule has 0 aromatic heterocycles. The molecule has 4 nitrogen and oxygen atoms in total. The first kappa shape index (κ1) is 8.70. The minimum atomic E-state index is 0.257. The Balaban J connectivity index is 2.63. The summed E-state index contributed by atoms with van der Waals surface area (Å²) in [5, 5.41) is 3.87. The quantitative estimate of drug-likeness (QED) is 0.567. The number of rotatable bonds is 2. The van der Waals surface area contributed by atoms with Crippen molar-refractivity contribution in [3.05, 3.63) is 0 Å². The number of hydroxylamine groups is 4. The zero-order valence-corrected chi connectivity index (χ0v) is 7.72. The molecular weight excluding hydrogens is 164 g/mol. The number of hydrogen-bond donors (Lipinski definition) is 0. The van der Waals surface area contributed by atoms with Crippen LogP contribution in [-0.2, 0) is 9.68 Å². The average molecular weight is 176 g/mol. The van der Waals surface area contributed by atoms with Crippen LogP contribution < -0.4 is 0 Å². The maximum absolute atomic E-state index is 5.04. The van der Waals surface area contributed by atoms with E-state index in [9.17, 15) is 0 Å². The average Bonchev–Trinajstić information content (AvgIpc) is 2.26. The molecule has 5 heteroatoms. The van der Waals surface area contributed by atoms with Crippen molar-refractivity contribution < 1.29 is 9.68 Å². The van der Waals surface area contributed by atoms with Crippen LogP contribution in [0.3, 0.4) is 0 Å². The third-order valence-corrected chi connectivity index (χ3v) is 2.03. The van der Waals surface area contributed by atoms with Gasteiger partial charge in [-0.2, -0.15) is 0 Å². The summed E-state index contributed by atoms with van der Waals surface area (Å²) < 4.78 is 0. The highest BCUT2D eigenvalue weighted by atomic mass is 32.1. The van der Waals surface area contributed by atoms with Gasteiger partial charge in [-0.3, -0.25) is 9.68 Å². The first-order valence-electron chi connectivity index (χ1n) is 3.39. The topological polar surface area (TPSA) is 24.9 Å². The van der Waals surface area contributed by atoms with Crippen LogP contribution in [0.4, 0.5) is 0 Å². The minimum Gasteiger partial charge on any atom is -0.275 e. The highest BCUT2D eigenvalue weighted by molar-refractivity contribution is 7.80. The molecule has 0 aliphatic carbocycles. The van der Waals surface area contributed by atoms with E-state index < -0.39 is 0 Å². The summed E-state index contributed by atoms with van der Waals surface area (Å²) in [6, 6.07) is 0.257. The fraction of sp³-hybridized carbons (Fsp3) is 0.833. The molecule has 0 aromatic rings. The van der Waals surface area contributed by atoms with Gasteiger partial charge >= 0.3 is 0 Å². The Morgan fingerprint density at radius 2 is 2.09 bits per heavy atom. The zero-order valence-electron chi connectivity index (χ0n) is 6.90. The van der Waals surface area contributed by atoms with E-state index in [1.54, 1.807) is 24.3 Å². The second-order valence-corrected chi connectivity index (χ2v) is 2.75. The van der Waals surface area contributed by atoms with Crippen LogP contribution in [0.25, 0.3) is 0 Å². The molecule has 64 valence electrons. The molecular formula is C6H12N2O2S. The van der Waals surface area contributed by atoms with E-state index in [4.69, 9.17) is 21.9 Å². The molecule has 0 bridgehead atoms. The van der Waals surface area contributed by atoms with Crippen molar-refractivity contribution in [1.29, 1.82) is 0 Å². The van der Waals surface area contributed by atoms with E-state index >= 15 is 0 Å². The molecule has 0 N–H and O–H groups in total. The molecule has 1 aliphatic heterocycles. The molecule has 1 fully saturated rings. The van der Waals surface area contributed by atoms with Gasteiger partial charge in [0.15, 0.2) is 0 Å². The standard InChI is InChI=1S/C6H12N2O2S/c1-5-4-7(9-2)6(11)8(5)10-3/h5H,4H2,1-3H3. The van der Waals surface area contributed by atoms with Crippen molar-refractivity contribution in [2.45, 2.75) is 13.0 Å². The lowest BCUT2D eigenvalue weighted by molar-refractivity contribution is -0.0809. The smallest absolute Gasteiger partial charge is 0.220 e. The van der Waals surface area contributed by atoms with E-state index in [2.05, 4.69) is 0 Å². The Kier molecular flexibility index (Phi) is 2.64. The number of thiocarbonyl (C=S) groups is 1. The fourth-order valence-electron chi connectivity index (χ4n) is 1.10. The van der Waals surface area contributed by atoms with Crippen LogP contribution in [0, 0.1) is 0 Å². The fourth-order valence-corrected chi connectivity index (χ4v) is 1.50. The van der Waals surface area contributed by atoms with Gasteiger partial charge in [-0.05, 0) is 19.1 Å². The molecule has 0 spiro atoms. The maximum atomic E-state index is 5.04. The Morgan fingerprint density at radius 1 is 1.45 bits per heavy atom. The maximum Gasteiger partial charge on any atom is 0.220 e. The van der Waals surface area contributed by atoms with E-state index in [-0.39, 0.29) is 6.04 Å². The summed E-state index contributed by atoms with van der Waals surface area (Å²) in [5.74, 6) is 0. The van der Waals surface area contributed by atoms with E-state index in [1.807, 2.05) is 6.92 Å². The first-order valence-corrected chi connectivity index (χ1v) is 3.80. The third-order valence-electron chi connectivity index (χ3n) is 1.65. The van der Waals surface area contributed by atoms with E-state index in [0.717, 1.165) is 6.54 Å². The van der Waals surface area contributed by atoms with Crippen LogP contribution in [0.2, 0.25) is 0 Å². The van der Waals surface area contributed by atoms with Crippen molar-refractivity contribution >= 4 is 17.3 Å². The van der Waals surface area contributed by atoms with E-state index in [0.29, 0.717) is 5.11 Å². The summed E-state index contributed by atoms with van der Waals surface area (Å²) in [7, 11) is 3.19. The monoisotopic (exact) mass is 176 g/mol. The lowest BCUT2D eigenvalue weighted by atomic mass is 10.4. The highest BCUT2D eigenvalue weighted by Gasteiger charge is 2.31. The summed E-state index contributed by atoms with van der Waals surface area (Å²) >= 11 is 5.04. The molecule has 11 heavy (non-hydrogen) atoms. The molecule has 0 saturated carbocycles. The van der Waals surface area contributed by atoms with Crippen molar-refractivity contribution in [1.82, 2.24) is 10.1 Å². The van der Waals surface area contributed by atoms with Crippen molar-refractivity contribution in [3.8, 4) is 0 Å². The zero-order chi connectivity index (χ0) is 8.43. The molecule has 1 saturated heterocycles. The predicted molar refractivity (Wildman–Crippen MR) is 44.6 cm³/mol. The Bertz CT molecular complexity index is 165. The molecule has 0 aromatic carbocycles. The second-order valence-electron chi connectivity index (χ2n) is 2.38. The van der Waals surface area contributed by atoms with Crippen molar-refractivity contribution in [2.24, 2.45) is 0 Å². The molecule has 1 unspecified atom stereocenters. The predicted octanol–water partition coefficient (Wildman–Crippen LogP) is 0.400. The summed E-state index contributed by atoms with van der Waals surface area (Å²) in [4.78, 5) is 10.0. The van der Waals surface area contributed by atoms with Crippen LogP contribution in [-0.4, -0.2) is 42.0 Å². The van der Waals surface area contributed by atoms with Crippen molar-refractivity contribution in [3.63, 3.8) is 0 Å². The largest absolute Gasteiger partial charge is 0.275 e. The highest BCUT2D eigenvalue weighted by Crippen LogP contribution is 2.15. The minimum absolute atomic E-state index is 0.257. The van der Waals surface area contributed by atoms with Gasteiger partial charge in [-0.15, -0.1) is 0 Å². The SMILES string of the molecule is CON1CC(C)N(OC)C1=S. The van der Waals surface area contributed by atoms with Gasteiger partial charge in [0.1, 0.15) is 0 Å². The Labute approximate surface area is 71.6 Å². The van der Waals surface area contributed by atoms with Crippen LogP contribution in [0.1, 0.15) is 6.92 Å². The summed E-state index contributed by atoms with van der Waals surface area (Å²) in [6.45, 7) is 2.78. The first-order chi connectivity index (χ1) is 5.20. The van der Waals surface area contributed by atoms with Gasteiger partial charge < -0.3 is 0 Å². The van der Waals surface area contributed by atoms with Gasteiger partial charge in [-0.1, -0.05) is 0 Å².